The van der Waals surface area contributed by atoms with Crippen molar-refractivity contribution in [3.8, 4) is 5.75 Å². The predicted molar refractivity (Wildman–Crippen MR) is 65.6 cm³/mol. The Morgan fingerprint density at radius 2 is 2.19 bits per heavy atom. The van der Waals surface area contributed by atoms with Crippen molar-refractivity contribution in [1.29, 1.82) is 0 Å². The fraction of sp³-hybridized carbons (Fsp3) is 0.250. The van der Waals surface area contributed by atoms with Crippen molar-refractivity contribution in [3.05, 3.63) is 46.4 Å². The van der Waals surface area contributed by atoms with Gasteiger partial charge < -0.3 is 10.4 Å². The molecule has 1 aromatic carbocycles. The third kappa shape index (κ3) is 3.05. The lowest BCUT2D eigenvalue weighted by Crippen LogP contribution is -2.15. The molecule has 2 aromatic rings. The van der Waals surface area contributed by atoms with E-state index in [0.29, 0.717) is 5.75 Å². The zero-order valence-electron chi connectivity index (χ0n) is 8.89. The average molecular weight is 234 g/mol. The molecule has 4 heteroatoms. The predicted octanol–water partition coefficient (Wildman–Crippen LogP) is 2.18. The number of phenolic OH excluding ortho intramolecular Hbond substituents is 1. The molecular formula is C12H14N2OS. The summed E-state index contributed by atoms with van der Waals surface area (Å²) in [5.74, 6) is 0.377. The van der Waals surface area contributed by atoms with Crippen molar-refractivity contribution < 1.29 is 5.11 Å². The molecule has 1 aromatic heterocycles. The summed E-state index contributed by atoms with van der Waals surface area (Å²) in [5, 5.41) is 12.9. The molecule has 1 heterocycles. The summed E-state index contributed by atoms with van der Waals surface area (Å²) in [6.07, 6.45) is 2.71. The average Bonchev–Trinajstić information content (AvgIpc) is 2.79. The molecule has 16 heavy (non-hydrogen) atoms. The Kier molecular flexibility index (Phi) is 3.91. The minimum atomic E-state index is 0.377. The SMILES string of the molecule is Oc1ccccc1CCNCc1cncs1. The Balaban J connectivity index is 1.74. The highest BCUT2D eigenvalue weighted by Gasteiger charge is 1.99. The van der Waals surface area contributed by atoms with Crippen LogP contribution in [0.25, 0.3) is 0 Å². The van der Waals surface area contributed by atoms with Gasteiger partial charge in [-0.1, -0.05) is 18.2 Å². The molecule has 0 atom stereocenters. The van der Waals surface area contributed by atoms with Crippen LogP contribution in [0.2, 0.25) is 0 Å². The number of aromatic hydroxyl groups is 1. The highest BCUT2D eigenvalue weighted by molar-refractivity contribution is 7.09. The smallest absolute Gasteiger partial charge is 0.118 e. The van der Waals surface area contributed by atoms with E-state index >= 15 is 0 Å². The zero-order chi connectivity index (χ0) is 11.2. The second kappa shape index (κ2) is 5.63. The lowest BCUT2D eigenvalue weighted by Gasteiger charge is -2.05. The monoisotopic (exact) mass is 234 g/mol. The van der Waals surface area contributed by atoms with Gasteiger partial charge in [0.15, 0.2) is 0 Å². The topological polar surface area (TPSA) is 45.1 Å². The first kappa shape index (κ1) is 11.1. The first-order chi connectivity index (χ1) is 7.86. The van der Waals surface area contributed by atoms with E-state index in [0.717, 1.165) is 25.1 Å². The van der Waals surface area contributed by atoms with Crippen LogP contribution in [-0.2, 0) is 13.0 Å². The van der Waals surface area contributed by atoms with Crippen molar-refractivity contribution in [2.24, 2.45) is 0 Å². The summed E-state index contributed by atoms with van der Waals surface area (Å²) >= 11 is 1.65. The molecule has 0 saturated heterocycles. The molecule has 2 N–H and O–H groups in total. The molecule has 0 saturated carbocycles. The number of phenols is 1. The minimum Gasteiger partial charge on any atom is -0.508 e. The van der Waals surface area contributed by atoms with Gasteiger partial charge in [-0.2, -0.15) is 0 Å². The number of rotatable bonds is 5. The molecular weight excluding hydrogens is 220 g/mol. The van der Waals surface area contributed by atoms with E-state index in [1.807, 2.05) is 29.9 Å². The summed E-state index contributed by atoms with van der Waals surface area (Å²) in [4.78, 5) is 5.25. The van der Waals surface area contributed by atoms with Gasteiger partial charge in [0.1, 0.15) is 5.75 Å². The van der Waals surface area contributed by atoms with Crippen LogP contribution in [0.5, 0.6) is 5.75 Å². The second-order valence-corrected chi connectivity index (χ2v) is 4.49. The number of benzene rings is 1. The van der Waals surface area contributed by atoms with Crippen molar-refractivity contribution in [2.45, 2.75) is 13.0 Å². The number of para-hydroxylation sites is 1. The van der Waals surface area contributed by atoms with Crippen molar-refractivity contribution in [1.82, 2.24) is 10.3 Å². The molecule has 3 nitrogen and oxygen atoms in total. The number of nitrogens with zero attached hydrogens (tertiary/aromatic N) is 1. The van der Waals surface area contributed by atoms with Gasteiger partial charge in [-0.05, 0) is 24.6 Å². The van der Waals surface area contributed by atoms with E-state index in [2.05, 4.69) is 10.3 Å². The van der Waals surface area contributed by atoms with Gasteiger partial charge in [0.2, 0.25) is 0 Å². The lowest BCUT2D eigenvalue weighted by molar-refractivity contribution is 0.467. The number of hydrogen-bond acceptors (Lipinski definition) is 4. The summed E-state index contributed by atoms with van der Waals surface area (Å²) in [5.41, 5.74) is 2.82. The van der Waals surface area contributed by atoms with Gasteiger partial charge in [-0.3, -0.25) is 4.98 Å². The highest BCUT2D eigenvalue weighted by atomic mass is 32.1. The number of thiazole rings is 1. The van der Waals surface area contributed by atoms with E-state index in [1.54, 1.807) is 17.4 Å². The largest absolute Gasteiger partial charge is 0.508 e. The van der Waals surface area contributed by atoms with Crippen LogP contribution >= 0.6 is 11.3 Å². The van der Waals surface area contributed by atoms with Gasteiger partial charge in [0.25, 0.3) is 0 Å². The van der Waals surface area contributed by atoms with Crippen LogP contribution < -0.4 is 5.32 Å². The maximum absolute atomic E-state index is 9.56. The molecule has 0 bridgehead atoms. The number of hydrogen-bond donors (Lipinski definition) is 2. The molecule has 0 spiro atoms. The van der Waals surface area contributed by atoms with Crippen molar-refractivity contribution in [2.75, 3.05) is 6.54 Å². The second-order valence-electron chi connectivity index (χ2n) is 3.52. The van der Waals surface area contributed by atoms with Crippen LogP contribution in [-0.4, -0.2) is 16.6 Å². The van der Waals surface area contributed by atoms with E-state index in [-0.39, 0.29) is 0 Å². The van der Waals surface area contributed by atoms with Crippen molar-refractivity contribution in [3.63, 3.8) is 0 Å². The summed E-state index contributed by atoms with van der Waals surface area (Å²) in [6, 6.07) is 7.45. The lowest BCUT2D eigenvalue weighted by atomic mass is 10.1. The molecule has 0 unspecified atom stereocenters. The first-order valence-corrected chi connectivity index (χ1v) is 6.09. The zero-order valence-corrected chi connectivity index (χ0v) is 9.70. The van der Waals surface area contributed by atoms with Crippen LogP contribution in [0.4, 0.5) is 0 Å². The molecule has 0 aliphatic carbocycles. The molecule has 0 fully saturated rings. The highest BCUT2D eigenvalue weighted by Crippen LogP contribution is 2.15. The molecule has 0 radical (unpaired) electrons. The van der Waals surface area contributed by atoms with Crippen LogP contribution in [0.1, 0.15) is 10.4 Å². The Bertz CT molecular complexity index is 428. The number of aromatic nitrogens is 1. The molecule has 2 rings (SSSR count). The van der Waals surface area contributed by atoms with E-state index in [4.69, 9.17) is 0 Å². The van der Waals surface area contributed by atoms with Gasteiger partial charge in [-0.15, -0.1) is 11.3 Å². The third-order valence-electron chi connectivity index (χ3n) is 2.35. The van der Waals surface area contributed by atoms with Gasteiger partial charge in [0.05, 0.1) is 5.51 Å². The van der Waals surface area contributed by atoms with Gasteiger partial charge >= 0.3 is 0 Å². The van der Waals surface area contributed by atoms with E-state index < -0.39 is 0 Å². The van der Waals surface area contributed by atoms with Crippen LogP contribution in [0, 0.1) is 0 Å². The minimum absolute atomic E-state index is 0.377. The fourth-order valence-electron chi connectivity index (χ4n) is 1.49. The Hall–Kier alpha value is -1.39. The van der Waals surface area contributed by atoms with Crippen LogP contribution in [0.15, 0.2) is 36.0 Å². The standard InChI is InChI=1S/C12H14N2OS/c15-12-4-2-1-3-10(12)5-6-13-7-11-8-14-9-16-11/h1-4,8-9,13,15H,5-7H2. The van der Waals surface area contributed by atoms with E-state index in [9.17, 15) is 5.11 Å². The summed E-state index contributed by atoms with van der Waals surface area (Å²) in [7, 11) is 0. The Morgan fingerprint density at radius 3 is 2.94 bits per heavy atom. The fourth-order valence-corrected chi connectivity index (χ4v) is 2.05. The first-order valence-electron chi connectivity index (χ1n) is 5.21. The number of nitrogens with one attached hydrogen (secondary N) is 1. The van der Waals surface area contributed by atoms with E-state index in [1.165, 1.54) is 4.88 Å². The maximum Gasteiger partial charge on any atom is 0.118 e. The molecule has 84 valence electrons. The molecule has 0 aliphatic rings. The van der Waals surface area contributed by atoms with Gasteiger partial charge in [0, 0.05) is 17.6 Å². The summed E-state index contributed by atoms with van der Waals surface area (Å²) in [6.45, 7) is 1.70. The maximum atomic E-state index is 9.56. The van der Waals surface area contributed by atoms with Gasteiger partial charge in [-0.25, -0.2) is 0 Å². The van der Waals surface area contributed by atoms with Crippen LogP contribution in [0.3, 0.4) is 0 Å². The molecule has 0 aliphatic heterocycles. The Morgan fingerprint density at radius 1 is 1.31 bits per heavy atom. The Labute approximate surface area is 98.8 Å². The molecule has 0 amide bonds. The normalized spacial score (nSPS) is 10.5. The van der Waals surface area contributed by atoms with Crippen molar-refractivity contribution >= 4 is 11.3 Å². The quantitative estimate of drug-likeness (QED) is 0.779. The summed E-state index contributed by atoms with van der Waals surface area (Å²) < 4.78 is 0. The third-order valence-corrected chi connectivity index (χ3v) is 3.13.